The topological polar surface area (TPSA) is 37.8 Å². The Bertz CT molecular complexity index is 1120. The van der Waals surface area contributed by atoms with Crippen LogP contribution >= 0.6 is 11.3 Å². The van der Waals surface area contributed by atoms with Crippen LogP contribution in [0.1, 0.15) is 43.6 Å². The van der Waals surface area contributed by atoms with Crippen LogP contribution in [0.4, 0.5) is 5.82 Å². The van der Waals surface area contributed by atoms with Gasteiger partial charge >= 0.3 is 0 Å². The lowest BCUT2D eigenvalue weighted by atomic mass is 9.82. The highest BCUT2D eigenvalue weighted by Crippen LogP contribution is 2.41. The predicted molar refractivity (Wildman–Crippen MR) is 124 cm³/mol. The van der Waals surface area contributed by atoms with E-state index in [4.69, 9.17) is 4.98 Å². The molecular weight excluding hydrogens is 374 g/mol. The van der Waals surface area contributed by atoms with E-state index >= 15 is 0 Å². The van der Waals surface area contributed by atoms with Crippen LogP contribution in [0, 0.1) is 0 Å². The lowest BCUT2D eigenvalue weighted by Crippen LogP contribution is -2.05. The zero-order chi connectivity index (χ0) is 19.6. The minimum Gasteiger partial charge on any atom is -0.373 e. The van der Waals surface area contributed by atoms with Gasteiger partial charge in [0, 0.05) is 29.1 Å². The molecule has 0 unspecified atom stereocenters. The number of hydrogen-bond acceptors (Lipinski definition) is 4. The molecule has 0 amide bonds. The molecule has 3 heterocycles. The quantitative estimate of drug-likeness (QED) is 0.397. The SMILES string of the molecule is CNc1ccc(-c2ccc3cc(-c4ccccc4C4CCCCC4)sc3n2)cn1. The van der Waals surface area contributed by atoms with Crippen LogP contribution in [0.15, 0.2) is 60.8 Å². The summed E-state index contributed by atoms with van der Waals surface area (Å²) in [6.07, 6.45) is 8.62. The standard InChI is InChI=1S/C25H25N3S/c1-26-24-14-12-19(16-27-24)22-13-11-18-15-23(29-25(18)28-22)21-10-6-5-9-20(21)17-7-3-2-4-8-17/h5-6,9-17H,2-4,7-8H2,1H3,(H,26,27). The van der Waals surface area contributed by atoms with E-state index in [1.165, 1.54) is 53.5 Å². The van der Waals surface area contributed by atoms with Gasteiger partial charge in [-0.25, -0.2) is 9.97 Å². The molecule has 146 valence electrons. The first-order valence-corrected chi connectivity index (χ1v) is 11.3. The van der Waals surface area contributed by atoms with Crippen molar-refractivity contribution in [1.29, 1.82) is 0 Å². The molecule has 0 bridgehead atoms. The van der Waals surface area contributed by atoms with Gasteiger partial charge in [-0.15, -0.1) is 11.3 Å². The van der Waals surface area contributed by atoms with Gasteiger partial charge in [-0.05, 0) is 60.2 Å². The predicted octanol–water partition coefficient (Wildman–Crippen LogP) is 7.11. The van der Waals surface area contributed by atoms with Gasteiger partial charge < -0.3 is 5.32 Å². The molecule has 4 aromatic rings. The second-order valence-corrected chi connectivity index (χ2v) is 8.84. The molecule has 1 aliphatic rings. The molecule has 1 fully saturated rings. The van der Waals surface area contributed by atoms with E-state index in [2.05, 4.69) is 58.8 Å². The summed E-state index contributed by atoms with van der Waals surface area (Å²) in [5, 5.41) is 4.27. The first kappa shape index (κ1) is 18.3. The van der Waals surface area contributed by atoms with E-state index in [0.717, 1.165) is 21.9 Å². The Morgan fingerprint density at radius 3 is 2.62 bits per heavy atom. The van der Waals surface area contributed by atoms with E-state index in [1.54, 1.807) is 11.3 Å². The van der Waals surface area contributed by atoms with Crippen LogP contribution in [0.3, 0.4) is 0 Å². The summed E-state index contributed by atoms with van der Waals surface area (Å²) in [4.78, 5) is 11.8. The van der Waals surface area contributed by atoms with Crippen molar-refractivity contribution >= 4 is 27.4 Å². The summed E-state index contributed by atoms with van der Waals surface area (Å²) in [5.74, 6) is 1.57. The number of benzene rings is 1. The first-order chi connectivity index (χ1) is 14.3. The van der Waals surface area contributed by atoms with Gasteiger partial charge in [0.1, 0.15) is 10.6 Å². The molecule has 29 heavy (non-hydrogen) atoms. The van der Waals surface area contributed by atoms with E-state index < -0.39 is 0 Å². The van der Waals surface area contributed by atoms with E-state index in [-0.39, 0.29) is 0 Å². The van der Waals surface area contributed by atoms with E-state index in [9.17, 15) is 0 Å². The van der Waals surface area contributed by atoms with Gasteiger partial charge in [-0.2, -0.15) is 0 Å². The van der Waals surface area contributed by atoms with Gasteiger partial charge in [-0.1, -0.05) is 43.5 Å². The van der Waals surface area contributed by atoms with Gasteiger partial charge in [-0.3, -0.25) is 0 Å². The van der Waals surface area contributed by atoms with Crippen LogP contribution < -0.4 is 5.32 Å². The fourth-order valence-corrected chi connectivity index (χ4v) is 5.47. The molecule has 4 heteroatoms. The second-order valence-electron chi connectivity index (χ2n) is 7.81. The zero-order valence-electron chi connectivity index (χ0n) is 16.7. The third-order valence-electron chi connectivity index (χ3n) is 5.97. The Morgan fingerprint density at radius 2 is 1.83 bits per heavy atom. The molecule has 3 aromatic heterocycles. The number of anilines is 1. The normalized spacial score (nSPS) is 14.9. The molecular formula is C25H25N3S. The lowest BCUT2D eigenvalue weighted by Gasteiger charge is -2.24. The number of nitrogens with one attached hydrogen (secondary N) is 1. The number of pyridine rings is 2. The average molecular weight is 400 g/mol. The Labute approximate surface area is 175 Å². The molecule has 1 aliphatic carbocycles. The maximum Gasteiger partial charge on any atom is 0.125 e. The number of rotatable bonds is 4. The second kappa shape index (κ2) is 7.96. The Kier molecular flexibility index (Phi) is 5.03. The van der Waals surface area contributed by atoms with Gasteiger partial charge in [0.25, 0.3) is 0 Å². The van der Waals surface area contributed by atoms with Crippen LogP contribution in [0.5, 0.6) is 0 Å². The largest absolute Gasteiger partial charge is 0.373 e. The minimum atomic E-state index is 0.699. The zero-order valence-corrected chi connectivity index (χ0v) is 17.5. The summed E-state index contributed by atoms with van der Waals surface area (Å²) < 4.78 is 0. The molecule has 0 spiro atoms. The fraction of sp³-hybridized carbons (Fsp3) is 0.280. The van der Waals surface area contributed by atoms with E-state index in [1.807, 2.05) is 19.3 Å². The minimum absolute atomic E-state index is 0.699. The summed E-state index contributed by atoms with van der Waals surface area (Å²) in [5.41, 5.74) is 4.93. The monoisotopic (exact) mass is 399 g/mol. The number of hydrogen-bond donors (Lipinski definition) is 1. The summed E-state index contributed by atoms with van der Waals surface area (Å²) in [7, 11) is 1.88. The molecule has 1 saturated carbocycles. The summed E-state index contributed by atoms with van der Waals surface area (Å²) in [6.45, 7) is 0. The highest BCUT2D eigenvalue weighted by atomic mass is 32.1. The molecule has 1 N–H and O–H groups in total. The van der Waals surface area contributed by atoms with Crippen molar-refractivity contribution < 1.29 is 0 Å². The van der Waals surface area contributed by atoms with Crippen molar-refractivity contribution in [2.75, 3.05) is 12.4 Å². The van der Waals surface area contributed by atoms with Crippen molar-refractivity contribution in [3.63, 3.8) is 0 Å². The van der Waals surface area contributed by atoms with Crippen molar-refractivity contribution in [1.82, 2.24) is 9.97 Å². The molecule has 0 radical (unpaired) electrons. The third kappa shape index (κ3) is 3.65. The van der Waals surface area contributed by atoms with Gasteiger partial charge in [0.05, 0.1) is 5.69 Å². The van der Waals surface area contributed by atoms with Crippen LogP contribution in [-0.2, 0) is 0 Å². The smallest absolute Gasteiger partial charge is 0.125 e. The molecule has 3 nitrogen and oxygen atoms in total. The van der Waals surface area contributed by atoms with Crippen molar-refractivity contribution in [2.45, 2.75) is 38.0 Å². The number of nitrogens with zero attached hydrogens (tertiary/aromatic N) is 2. The van der Waals surface area contributed by atoms with Gasteiger partial charge in [0.2, 0.25) is 0 Å². The number of thiophene rings is 1. The van der Waals surface area contributed by atoms with Crippen LogP contribution in [-0.4, -0.2) is 17.0 Å². The third-order valence-corrected chi connectivity index (χ3v) is 7.05. The Morgan fingerprint density at radius 1 is 0.966 bits per heavy atom. The number of aromatic nitrogens is 2. The molecule has 0 aliphatic heterocycles. The lowest BCUT2D eigenvalue weighted by molar-refractivity contribution is 0.444. The molecule has 1 aromatic carbocycles. The Hall–Kier alpha value is -2.72. The molecule has 0 atom stereocenters. The van der Waals surface area contributed by atoms with Crippen LogP contribution in [0.2, 0.25) is 0 Å². The van der Waals surface area contributed by atoms with Crippen molar-refractivity contribution in [2.24, 2.45) is 0 Å². The maximum absolute atomic E-state index is 4.95. The van der Waals surface area contributed by atoms with Crippen molar-refractivity contribution in [3.8, 4) is 21.7 Å². The highest BCUT2D eigenvalue weighted by molar-refractivity contribution is 7.21. The fourth-order valence-electron chi connectivity index (χ4n) is 4.40. The van der Waals surface area contributed by atoms with Crippen LogP contribution in [0.25, 0.3) is 31.9 Å². The first-order valence-electron chi connectivity index (χ1n) is 10.5. The van der Waals surface area contributed by atoms with E-state index in [0.29, 0.717) is 5.92 Å². The summed E-state index contributed by atoms with van der Waals surface area (Å²) >= 11 is 1.80. The number of fused-ring (bicyclic) bond motifs is 1. The van der Waals surface area contributed by atoms with Crippen molar-refractivity contribution in [3.05, 3.63) is 66.4 Å². The molecule has 0 saturated heterocycles. The average Bonchev–Trinajstić information content (AvgIpc) is 3.23. The Balaban J connectivity index is 1.52. The summed E-state index contributed by atoms with van der Waals surface area (Å²) in [6, 6.07) is 19.6. The maximum atomic E-state index is 4.95. The highest BCUT2D eigenvalue weighted by Gasteiger charge is 2.20. The molecule has 5 rings (SSSR count). The van der Waals surface area contributed by atoms with Gasteiger partial charge in [0.15, 0.2) is 0 Å².